The molecule has 1 amide bonds. The van der Waals surface area contributed by atoms with Crippen LogP contribution in [0.3, 0.4) is 0 Å². The van der Waals surface area contributed by atoms with Gasteiger partial charge in [-0.25, -0.2) is 13.1 Å². The van der Waals surface area contributed by atoms with Gasteiger partial charge in [0.1, 0.15) is 0 Å². The molecule has 0 radical (unpaired) electrons. The number of aryl methyl sites for hydroxylation is 2. The number of hydrogen-bond donors (Lipinski definition) is 1. The lowest BCUT2D eigenvalue weighted by Crippen LogP contribution is -2.37. The summed E-state index contributed by atoms with van der Waals surface area (Å²) in [5.41, 5.74) is 3.03. The molecule has 6 heteroatoms. The van der Waals surface area contributed by atoms with Gasteiger partial charge in [-0.15, -0.1) is 0 Å². The monoisotopic (exact) mass is 360 g/mol. The van der Waals surface area contributed by atoms with E-state index in [9.17, 15) is 13.2 Å². The molecule has 25 heavy (non-hydrogen) atoms. The smallest absolute Gasteiger partial charge is 0.240 e. The van der Waals surface area contributed by atoms with Crippen molar-refractivity contribution in [3.8, 4) is 0 Å². The third kappa shape index (κ3) is 5.69. The molecule has 0 aliphatic heterocycles. The highest BCUT2D eigenvalue weighted by Gasteiger charge is 2.15. The molecule has 0 aliphatic rings. The molecule has 2 rings (SSSR count). The Balaban J connectivity index is 1.98. The standard InChI is InChI=1S/C19H24N2O3S/c1-15-6-4-8-18(12-15)14-21(17(3)22)11-10-20-25(23,24)19-9-5-7-16(2)13-19/h4-9,12-13,20H,10-11,14H2,1-3H3. The maximum Gasteiger partial charge on any atom is 0.240 e. The van der Waals surface area contributed by atoms with Crippen LogP contribution in [0.4, 0.5) is 0 Å². The normalized spacial score (nSPS) is 11.3. The van der Waals surface area contributed by atoms with Crippen LogP contribution in [-0.2, 0) is 21.4 Å². The van der Waals surface area contributed by atoms with E-state index in [0.29, 0.717) is 13.1 Å². The van der Waals surface area contributed by atoms with Crippen molar-refractivity contribution in [3.05, 3.63) is 65.2 Å². The van der Waals surface area contributed by atoms with Gasteiger partial charge in [0, 0.05) is 26.6 Å². The van der Waals surface area contributed by atoms with Crippen LogP contribution in [0, 0.1) is 13.8 Å². The number of amides is 1. The fourth-order valence-electron chi connectivity index (χ4n) is 2.56. The molecular formula is C19H24N2O3S. The van der Waals surface area contributed by atoms with Gasteiger partial charge in [-0.3, -0.25) is 4.79 Å². The fraction of sp³-hybridized carbons (Fsp3) is 0.316. The van der Waals surface area contributed by atoms with E-state index >= 15 is 0 Å². The van der Waals surface area contributed by atoms with Crippen molar-refractivity contribution in [2.75, 3.05) is 13.1 Å². The molecule has 0 saturated heterocycles. The third-order valence-electron chi connectivity index (χ3n) is 3.87. The van der Waals surface area contributed by atoms with Crippen LogP contribution in [0.25, 0.3) is 0 Å². The second-order valence-electron chi connectivity index (χ2n) is 6.14. The molecule has 0 unspecified atom stereocenters. The van der Waals surface area contributed by atoms with Gasteiger partial charge in [0.2, 0.25) is 15.9 Å². The van der Waals surface area contributed by atoms with E-state index in [1.54, 1.807) is 23.1 Å². The Hall–Kier alpha value is -2.18. The van der Waals surface area contributed by atoms with E-state index in [0.717, 1.165) is 16.7 Å². The molecule has 0 saturated carbocycles. The van der Waals surface area contributed by atoms with Crippen LogP contribution in [0.5, 0.6) is 0 Å². The van der Waals surface area contributed by atoms with E-state index in [4.69, 9.17) is 0 Å². The topological polar surface area (TPSA) is 66.5 Å². The second-order valence-corrected chi connectivity index (χ2v) is 7.91. The fourth-order valence-corrected chi connectivity index (χ4v) is 3.68. The summed E-state index contributed by atoms with van der Waals surface area (Å²) < 4.78 is 27.2. The number of carbonyl (C=O) groups excluding carboxylic acids is 1. The molecule has 0 fully saturated rings. The lowest BCUT2D eigenvalue weighted by molar-refractivity contribution is -0.129. The van der Waals surface area contributed by atoms with E-state index in [1.165, 1.54) is 6.92 Å². The molecule has 0 bridgehead atoms. The molecule has 1 N–H and O–H groups in total. The Morgan fingerprint density at radius 1 is 1.04 bits per heavy atom. The van der Waals surface area contributed by atoms with Crippen molar-refractivity contribution in [3.63, 3.8) is 0 Å². The Bertz CT molecular complexity index is 847. The van der Waals surface area contributed by atoms with Crippen LogP contribution in [0.1, 0.15) is 23.6 Å². The van der Waals surface area contributed by atoms with Crippen LogP contribution in [0.15, 0.2) is 53.4 Å². The minimum absolute atomic E-state index is 0.0868. The van der Waals surface area contributed by atoms with Crippen molar-refractivity contribution < 1.29 is 13.2 Å². The molecule has 0 spiro atoms. The van der Waals surface area contributed by atoms with Gasteiger partial charge in [-0.1, -0.05) is 42.0 Å². The average Bonchev–Trinajstić information content (AvgIpc) is 2.54. The largest absolute Gasteiger partial charge is 0.337 e. The van der Waals surface area contributed by atoms with Gasteiger partial charge in [0.05, 0.1) is 4.90 Å². The summed E-state index contributed by atoms with van der Waals surface area (Å²) in [7, 11) is -3.57. The lowest BCUT2D eigenvalue weighted by atomic mass is 10.1. The van der Waals surface area contributed by atoms with E-state index in [-0.39, 0.29) is 17.3 Å². The third-order valence-corrected chi connectivity index (χ3v) is 5.33. The highest BCUT2D eigenvalue weighted by atomic mass is 32.2. The molecule has 2 aromatic rings. The summed E-state index contributed by atoms with van der Waals surface area (Å²) in [5, 5.41) is 0. The van der Waals surface area contributed by atoms with Crippen molar-refractivity contribution in [2.24, 2.45) is 0 Å². The highest BCUT2D eigenvalue weighted by Crippen LogP contribution is 2.11. The Kier molecular flexibility index (Phi) is 6.33. The summed E-state index contributed by atoms with van der Waals surface area (Å²) >= 11 is 0. The minimum Gasteiger partial charge on any atom is -0.337 e. The first-order valence-corrected chi connectivity index (χ1v) is 9.63. The predicted molar refractivity (Wildman–Crippen MR) is 98.6 cm³/mol. The average molecular weight is 360 g/mol. The van der Waals surface area contributed by atoms with Crippen molar-refractivity contribution in [2.45, 2.75) is 32.2 Å². The first kappa shape index (κ1) is 19.1. The van der Waals surface area contributed by atoms with Gasteiger partial charge in [-0.2, -0.15) is 0 Å². The lowest BCUT2D eigenvalue weighted by Gasteiger charge is -2.21. The number of nitrogens with zero attached hydrogens (tertiary/aromatic N) is 1. The molecule has 5 nitrogen and oxygen atoms in total. The molecule has 134 valence electrons. The van der Waals surface area contributed by atoms with E-state index < -0.39 is 10.0 Å². The SMILES string of the molecule is CC(=O)N(CCNS(=O)(=O)c1cccc(C)c1)Cc1cccc(C)c1. The Morgan fingerprint density at radius 3 is 2.28 bits per heavy atom. The van der Waals surface area contributed by atoms with Crippen LogP contribution in [-0.4, -0.2) is 32.3 Å². The number of carbonyl (C=O) groups is 1. The minimum atomic E-state index is -3.57. The van der Waals surface area contributed by atoms with Gasteiger partial charge in [-0.05, 0) is 37.1 Å². The number of nitrogens with one attached hydrogen (secondary N) is 1. The van der Waals surface area contributed by atoms with Gasteiger partial charge in [0.15, 0.2) is 0 Å². The Labute approximate surface area is 149 Å². The molecule has 0 heterocycles. The summed E-state index contributed by atoms with van der Waals surface area (Å²) in [6.45, 7) is 6.28. The predicted octanol–water partition coefficient (Wildman–Crippen LogP) is 2.63. The molecular weight excluding hydrogens is 336 g/mol. The zero-order valence-electron chi connectivity index (χ0n) is 14.8. The van der Waals surface area contributed by atoms with Gasteiger partial charge < -0.3 is 4.90 Å². The van der Waals surface area contributed by atoms with Crippen LogP contribution < -0.4 is 4.72 Å². The summed E-state index contributed by atoms with van der Waals surface area (Å²) in [6, 6.07) is 14.7. The number of benzene rings is 2. The number of sulfonamides is 1. The van der Waals surface area contributed by atoms with Crippen molar-refractivity contribution in [1.29, 1.82) is 0 Å². The molecule has 0 aliphatic carbocycles. The second kappa shape index (κ2) is 8.27. The summed E-state index contributed by atoms with van der Waals surface area (Å²) in [6.07, 6.45) is 0. The van der Waals surface area contributed by atoms with E-state index in [2.05, 4.69) is 4.72 Å². The molecule has 0 atom stereocenters. The molecule has 2 aromatic carbocycles. The quantitative estimate of drug-likeness (QED) is 0.825. The summed E-state index contributed by atoms with van der Waals surface area (Å²) in [5.74, 6) is -0.0868. The number of hydrogen-bond acceptors (Lipinski definition) is 3. The van der Waals surface area contributed by atoms with E-state index in [1.807, 2.05) is 44.2 Å². The van der Waals surface area contributed by atoms with Crippen LogP contribution in [0.2, 0.25) is 0 Å². The highest BCUT2D eigenvalue weighted by molar-refractivity contribution is 7.89. The van der Waals surface area contributed by atoms with Crippen molar-refractivity contribution in [1.82, 2.24) is 9.62 Å². The van der Waals surface area contributed by atoms with Crippen molar-refractivity contribution >= 4 is 15.9 Å². The maximum atomic E-state index is 12.3. The summed E-state index contributed by atoms with van der Waals surface area (Å²) in [4.78, 5) is 13.7. The van der Waals surface area contributed by atoms with Gasteiger partial charge >= 0.3 is 0 Å². The first-order chi connectivity index (χ1) is 11.8. The zero-order valence-corrected chi connectivity index (χ0v) is 15.6. The van der Waals surface area contributed by atoms with Crippen LogP contribution >= 0.6 is 0 Å². The first-order valence-electron chi connectivity index (χ1n) is 8.15. The Morgan fingerprint density at radius 2 is 1.68 bits per heavy atom. The van der Waals surface area contributed by atoms with Gasteiger partial charge in [0.25, 0.3) is 0 Å². The number of rotatable bonds is 7. The molecule has 0 aromatic heterocycles. The maximum absolute atomic E-state index is 12.3. The zero-order chi connectivity index (χ0) is 18.4.